The quantitative estimate of drug-likeness (QED) is 0.822. The van der Waals surface area contributed by atoms with Crippen molar-refractivity contribution in [2.24, 2.45) is 0 Å². The van der Waals surface area contributed by atoms with Crippen LogP contribution in [0.5, 0.6) is 5.75 Å². The van der Waals surface area contributed by atoms with Crippen molar-refractivity contribution in [1.29, 1.82) is 0 Å². The number of benzene rings is 1. The van der Waals surface area contributed by atoms with Gasteiger partial charge in [0.05, 0.1) is 7.11 Å². The van der Waals surface area contributed by atoms with Crippen LogP contribution in [0.25, 0.3) is 0 Å². The molecule has 0 radical (unpaired) electrons. The topological polar surface area (TPSA) is 41.5 Å². The van der Waals surface area contributed by atoms with Gasteiger partial charge in [0, 0.05) is 12.1 Å². The van der Waals surface area contributed by atoms with Gasteiger partial charge < -0.3 is 15.2 Å². The summed E-state index contributed by atoms with van der Waals surface area (Å²) in [6, 6.07) is 4.05. The van der Waals surface area contributed by atoms with E-state index in [9.17, 15) is 5.11 Å². The molecule has 1 fully saturated rings. The van der Waals surface area contributed by atoms with Crippen LogP contribution in [0.3, 0.4) is 0 Å². The van der Waals surface area contributed by atoms with Crippen molar-refractivity contribution in [2.75, 3.05) is 20.2 Å². The van der Waals surface area contributed by atoms with Crippen LogP contribution in [-0.2, 0) is 5.60 Å². The van der Waals surface area contributed by atoms with Gasteiger partial charge in [0.15, 0.2) is 0 Å². The SMILES string of the molecule is COc1c(C2(O)CCCNC2)ccc(C)c1C. The summed E-state index contributed by atoms with van der Waals surface area (Å²) in [5, 5.41) is 14.0. The van der Waals surface area contributed by atoms with Gasteiger partial charge in [0.1, 0.15) is 11.4 Å². The van der Waals surface area contributed by atoms with Gasteiger partial charge >= 0.3 is 0 Å². The lowest BCUT2D eigenvalue weighted by atomic mass is 9.84. The second-order valence-electron chi connectivity index (χ2n) is 4.90. The van der Waals surface area contributed by atoms with E-state index in [4.69, 9.17) is 4.74 Å². The zero-order valence-corrected chi connectivity index (χ0v) is 10.8. The van der Waals surface area contributed by atoms with Crippen LogP contribution in [0.2, 0.25) is 0 Å². The molecule has 1 aliphatic heterocycles. The fourth-order valence-electron chi connectivity index (χ4n) is 2.54. The summed E-state index contributed by atoms with van der Waals surface area (Å²) in [5.74, 6) is 0.830. The molecule has 94 valence electrons. The number of piperidine rings is 1. The first-order valence-corrected chi connectivity index (χ1v) is 6.16. The Labute approximate surface area is 103 Å². The molecule has 2 N–H and O–H groups in total. The Balaban J connectivity index is 2.47. The van der Waals surface area contributed by atoms with E-state index in [0.717, 1.165) is 36.3 Å². The lowest BCUT2D eigenvalue weighted by Crippen LogP contribution is -2.43. The highest BCUT2D eigenvalue weighted by Crippen LogP contribution is 2.37. The highest BCUT2D eigenvalue weighted by atomic mass is 16.5. The van der Waals surface area contributed by atoms with Crippen LogP contribution in [0.4, 0.5) is 0 Å². The number of ether oxygens (including phenoxy) is 1. The smallest absolute Gasteiger partial charge is 0.128 e. The number of hydrogen-bond acceptors (Lipinski definition) is 3. The second kappa shape index (κ2) is 4.67. The minimum Gasteiger partial charge on any atom is -0.496 e. The summed E-state index contributed by atoms with van der Waals surface area (Å²) in [5.41, 5.74) is 2.43. The van der Waals surface area contributed by atoms with Crippen LogP contribution >= 0.6 is 0 Å². The van der Waals surface area contributed by atoms with E-state index in [1.54, 1.807) is 7.11 Å². The van der Waals surface area contributed by atoms with Gasteiger partial charge in [-0.15, -0.1) is 0 Å². The Hall–Kier alpha value is -1.06. The number of aryl methyl sites for hydroxylation is 1. The van der Waals surface area contributed by atoms with Crippen molar-refractivity contribution in [2.45, 2.75) is 32.3 Å². The van der Waals surface area contributed by atoms with Crippen LogP contribution < -0.4 is 10.1 Å². The molecule has 0 saturated carbocycles. The molecule has 0 aliphatic carbocycles. The molecule has 1 heterocycles. The average Bonchev–Trinajstić information content (AvgIpc) is 2.33. The molecule has 3 heteroatoms. The third-order valence-corrected chi connectivity index (χ3v) is 3.74. The monoisotopic (exact) mass is 235 g/mol. The zero-order valence-electron chi connectivity index (χ0n) is 10.8. The first-order chi connectivity index (χ1) is 8.08. The van der Waals surface area contributed by atoms with Crippen LogP contribution in [0, 0.1) is 13.8 Å². The lowest BCUT2D eigenvalue weighted by molar-refractivity contribution is 0.0101. The van der Waals surface area contributed by atoms with Crippen LogP contribution in [-0.4, -0.2) is 25.3 Å². The summed E-state index contributed by atoms with van der Waals surface area (Å²) < 4.78 is 5.49. The van der Waals surface area contributed by atoms with Crippen LogP contribution in [0.1, 0.15) is 29.5 Å². The molecular formula is C14H21NO2. The summed E-state index contributed by atoms with van der Waals surface area (Å²) in [7, 11) is 1.67. The number of β-amino-alcohol motifs (C(OH)–C–C–N with tert-alkyl or cyclic N) is 1. The number of aliphatic hydroxyl groups is 1. The minimum atomic E-state index is -0.790. The van der Waals surface area contributed by atoms with E-state index in [1.165, 1.54) is 5.56 Å². The Morgan fingerprint density at radius 2 is 2.12 bits per heavy atom. The van der Waals surface area contributed by atoms with E-state index in [2.05, 4.69) is 18.3 Å². The maximum Gasteiger partial charge on any atom is 0.128 e. The molecule has 1 atom stereocenters. The van der Waals surface area contributed by atoms with E-state index in [0.29, 0.717) is 6.54 Å². The van der Waals surface area contributed by atoms with Gasteiger partial charge in [0.2, 0.25) is 0 Å². The number of rotatable bonds is 2. The van der Waals surface area contributed by atoms with Crippen molar-refractivity contribution >= 4 is 0 Å². The van der Waals surface area contributed by atoms with Crippen molar-refractivity contribution in [3.05, 3.63) is 28.8 Å². The maximum absolute atomic E-state index is 10.7. The normalized spacial score (nSPS) is 24.7. The minimum absolute atomic E-state index is 0.603. The van der Waals surface area contributed by atoms with Crippen molar-refractivity contribution in [1.82, 2.24) is 5.32 Å². The fourth-order valence-corrected chi connectivity index (χ4v) is 2.54. The summed E-state index contributed by atoms with van der Waals surface area (Å²) >= 11 is 0. The molecular weight excluding hydrogens is 214 g/mol. The van der Waals surface area contributed by atoms with Gasteiger partial charge in [0.25, 0.3) is 0 Å². The molecule has 3 nitrogen and oxygen atoms in total. The molecule has 1 aliphatic rings. The molecule has 1 aromatic rings. The highest BCUT2D eigenvalue weighted by Gasteiger charge is 2.34. The molecule has 17 heavy (non-hydrogen) atoms. The zero-order chi connectivity index (χ0) is 12.5. The molecule has 0 spiro atoms. The standard InChI is InChI=1S/C14H21NO2/c1-10-5-6-12(13(17-3)11(10)2)14(16)7-4-8-15-9-14/h5-6,15-16H,4,7-9H2,1-3H3. The molecule has 1 unspecified atom stereocenters. The van der Waals surface area contributed by atoms with E-state index in [-0.39, 0.29) is 0 Å². The van der Waals surface area contributed by atoms with Gasteiger partial charge in [-0.2, -0.15) is 0 Å². The fraction of sp³-hybridized carbons (Fsp3) is 0.571. The van der Waals surface area contributed by atoms with Gasteiger partial charge in [-0.1, -0.05) is 12.1 Å². The van der Waals surface area contributed by atoms with Gasteiger partial charge in [-0.25, -0.2) is 0 Å². The first kappa shape index (κ1) is 12.4. The van der Waals surface area contributed by atoms with Crippen molar-refractivity contribution in [3.63, 3.8) is 0 Å². The third-order valence-electron chi connectivity index (χ3n) is 3.74. The van der Waals surface area contributed by atoms with Gasteiger partial charge in [-0.3, -0.25) is 0 Å². The highest BCUT2D eigenvalue weighted by molar-refractivity contribution is 5.48. The summed E-state index contributed by atoms with van der Waals surface area (Å²) in [6.07, 6.45) is 1.78. The Morgan fingerprint density at radius 1 is 1.35 bits per heavy atom. The van der Waals surface area contributed by atoms with Crippen LogP contribution in [0.15, 0.2) is 12.1 Å². The average molecular weight is 235 g/mol. The van der Waals surface area contributed by atoms with E-state index < -0.39 is 5.60 Å². The summed E-state index contributed by atoms with van der Waals surface area (Å²) in [4.78, 5) is 0. The maximum atomic E-state index is 10.7. The van der Waals surface area contributed by atoms with Crippen molar-refractivity contribution in [3.8, 4) is 5.75 Å². The Kier molecular flexibility index (Phi) is 3.40. The molecule has 2 rings (SSSR count). The first-order valence-electron chi connectivity index (χ1n) is 6.16. The molecule has 0 amide bonds. The third kappa shape index (κ3) is 2.17. The predicted octanol–water partition coefficient (Wildman–Crippen LogP) is 1.88. The number of nitrogens with one attached hydrogen (secondary N) is 1. The second-order valence-corrected chi connectivity index (χ2v) is 4.90. The molecule has 0 aromatic heterocycles. The number of methoxy groups -OCH3 is 1. The van der Waals surface area contributed by atoms with Crippen molar-refractivity contribution < 1.29 is 9.84 Å². The summed E-state index contributed by atoms with van der Waals surface area (Å²) in [6.45, 7) is 5.68. The lowest BCUT2D eigenvalue weighted by Gasteiger charge is -2.34. The molecule has 1 aromatic carbocycles. The predicted molar refractivity (Wildman–Crippen MR) is 68.5 cm³/mol. The largest absolute Gasteiger partial charge is 0.496 e. The van der Waals surface area contributed by atoms with Gasteiger partial charge in [-0.05, 0) is 44.4 Å². The van der Waals surface area contributed by atoms with E-state index in [1.807, 2.05) is 13.0 Å². The number of hydrogen-bond donors (Lipinski definition) is 2. The van der Waals surface area contributed by atoms with E-state index >= 15 is 0 Å². The Bertz CT molecular complexity index is 409. The Morgan fingerprint density at radius 3 is 2.71 bits per heavy atom. The molecule has 0 bridgehead atoms. The molecule has 1 saturated heterocycles.